The second-order valence-corrected chi connectivity index (χ2v) is 7.43. The first-order valence-corrected chi connectivity index (χ1v) is 8.87. The highest BCUT2D eigenvalue weighted by atomic mass is 79.9. The Balaban J connectivity index is 1.91. The van der Waals surface area contributed by atoms with Gasteiger partial charge in [-0.25, -0.2) is 0 Å². The fourth-order valence-corrected chi connectivity index (χ4v) is 4.10. The zero-order chi connectivity index (χ0) is 14.5. The molecule has 1 aromatic carbocycles. The molecule has 2 nitrogen and oxygen atoms in total. The van der Waals surface area contributed by atoms with E-state index in [1.165, 1.54) is 25.7 Å². The lowest BCUT2D eigenvalue weighted by Gasteiger charge is -2.24. The Labute approximate surface area is 139 Å². The van der Waals surface area contributed by atoms with Crippen LogP contribution >= 0.6 is 31.9 Å². The van der Waals surface area contributed by atoms with Crippen LogP contribution < -0.4 is 11.1 Å². The van der Waals surface area contributed by atoms with Gasteiger partial charge in [-0.2, -0.15) is 0 Å². The van der Waals surface area contributed by atoms with E-state index in [4.69, 9.17) is 13.6 Å². The Morgan fingerprint density at radius 2 is 1.80 bits per heavy atom. The minimum absolute atomic E-state index is 0.410. The van der Waals surface area contributed by atoms with Crippen molar-refractivity contribution in [3.05, 3.63) is 26.6 Å². The average Bonchev–Trinajstić information content (AvgIpc) is 2.37. The molecule has 3 N–H and O–H groups in total. The summed E-state index contributed by atoms with van der Waals surface area (Å²) in [5.41, 5.74) is 8.09. The molecular weight excluding hydrogens is 379 g/mol. The maximum absolute atomic E-state index is 6.12. The Hall–Kier alpha value is 0.00494. The molecule has 0 aliphatic heterocycles. The third kappa shape index (κ3) is 4.78. The molecule has 0 spiro atoms. The molecule has 0 amide bonds. The van der Waals surface area contributed by atoms with E-state index in [9.17, 15) is 0 Å². The molecule has 5 heteroatoms. The summed E-state index contributed by atoms with van der Waals surface area (Å²) in [6.07, 6.45) is 7.17. The summed E-state index contributed by atoms with van der Waals surface area (Å²) in [6.45, 7) is 0.820. The number of hydrogen-bond acceptors (Lipinski definition) is 2. The Bertz CT molecular complexity index is 444. The molecule has 0 saturated heterocycles. The number of nitrogen functional groups attached to an aromatic ring is 1. The van der Waals surface area contributed by atoms with Gasteiger partial charge in [0, 0.05) is 21.5 Å². The van der Waals surface area contributed by atoms with Gasteiger partial charge < -0.3 is 11.1 Å². The van der Waals surface area contributed by atoms with Crippen LogP contribution in [0.3, 0.4) is 0 Å². The fraction of sp³-hybridized carbons (Fsp3) is 0.600. The number of nitrogens with one attached hydrogen (secondary N) is 1. The molecule has 1 aliphatic rings. The van der Waals surface area contributed by atoms with E-state index in [1.807, 2.05) is 6.07 Å². The van der Waals surface area contributed by atoms with Crippen LogP contribution in [0.15, 0.2) is 21.1 Å². The molecule has 2 rings (SSSR count). The number of anilines is 1. The van der Waals surface area contributed by atoms with E-state index in [1.54, 1.807) is 0 Å². The van der Waals surface area contributed by atoms with Gasteiger partial charge in [-0.05, 0) is 46.5 Å². The van der Waals surface area contributed by atoms with Crippen molar-refractivity contribution in [1.29, 1.82) is 0 Å². The van der Waals surface area contributed by atoms with Gasteiger partial charge in [0.25, 0.3) is 0 Å². The van der Waals surface area contributed by atoms with Crippen LogP contribution in [-0.2, 0) is 6.54 Å². The second kappa shape index (κ2) is 7.86. The van der Waals surface area contributed by atoms with Crippen LogP contribution in [0, 0.1) is 0 Å². The van der Waals surface area contributed by atoms with E-state index in [2.05, 4.69) is 43.2 Å². The molecule has 0 aromatic heterocycles. The van der Waals surface area contributed by atoms with Crippen LogP contribution in [0.5, 0.6) is 0 Å². The molecule has 1 fully saturated rings. The molecule has 1 aliphatic carbocycles. The lowest BCUT2D eigenvalue weighted by atomic mass is 9.77. The van der Waals surface area contributed by atoms with Crippen molar-refractivity contribution in [2.45, 2.75) is 56.9 Å². The molecule has 1 saturated carbocycles. The molecular formula is C15H21BBr2N2. The Kier molecular flexibility index (Phi) is 6.43. The van der Waals surface area contributed by atoms with E-state index >= 15 is 0 Å². The number of halogens is 2. The van der Waals surface area contributed by atoms with Crippen molar-refractivity contribution in [2.75, 3.05) is 5.73 Å². The van der Waals surface area contributed by atoms with Crippen LogP contribution in [0.25, 0.3) is 0 Å². The number of nitrogens with two attached hydrogens (primary N) is 1. The highest BCUT2D eigenvalue weighted by Crippen LogP contribution is 2.29. The summed E-state index contributed by atoms with van der Waals surface area (Å²) in [5.74, 6) is 0.410. The molecule has 1 aromatic rings. The zero-order valence-electron chi connectivity index (χ0n) is 11.7. The summed E-state index contributed by atoms with van der Waals surface area (Å²) in [6, 6.07) is 4.65. The third-order valence-corrected chi connectivity index (χ3v) is 5.13. The Morgan fingerprint density at radius 3 is 2.45 bits per heavy atom. The average molecular weight is 400 g/mol. The normalized spacial score (nSPS) is 24.1. The number of rotatable bonds is 3. The summed E-state index contributed by atoms with van der Waals surface area (Å²) in [4.78, 5) is 0. The van der Waals surface area contributed by atoms with Crippen molar-refractivity contribution >= 4 is 45.4 Å². The van der Waals surface area contributed by atoms with Crippen molar-refractivity contribution in [3.63, 3.8) is 0 Å². The summed E-state index contributed by atoms with van der Waals surface area (Å²) >= 11 is 7.01. The van der Waals surface area contributed by atoms with Gasteiger partial charge in [-0.1, -0.05) is 47.4 Å². The van der Waals surface area contributed by atoms with Gasteiger partial charge in [-0.15, -0.1) is 0 Å². The second-order valence-electron chi connectivity index (χ2n) is 5.66. The topological polar surface area (TPSA) is 38.0 Å². The van der Waals surface area contributed by atoms with E-state index in [0.29, 0.717) is 11.9 Å². The standard InChI is InChI=1S/C15H21BBr2N2/c16-11-3-1-5-13(6-2-4-11)20-9-10-7-12(17)8-14(18)15(10)19/h7-8,11,13,20H,1-6,9,19H2. The van der Waals surface area contributed by atoms with Crippen LogP contribution in [-0.4, -0.2) is 13.9 Å². The van der Waals surface area contributed by atoms with Crippen molar-refractivity contribution < 1.29 is 0 Å². The van der Waals surface area contributed by atoms with Gasteiger partial charge in [-0.3, -0.25) is 0 Å². The highest BCUT2D eigenvalue weighted by molar-refractivity contribution is 9.11. The maximum Gasteiger partial charge on any atom is 0.0699 e. The summed E-state index contributed by atoms with van der Waals surface area (Å²) in [5, 5.41) is 3.65. The monoisotopic (exact) mass is 398 g/mol. The van der Waals surface area contributed by atoms with Crippen LogP contribution in [0.2, 0.25) is 5.82 Å². The van der Waals surface area contributed by atoms with Gasteiger partial charge in [0.2, 0.25) is 0 Å². The fourth-order valence-electron chi connectivity index (χ4n) is 2.78. The SMILES string of the molecule is [B]C1CCCC(NCc2cc(Br)cc(Br)c2N)CCC1. The van der Waals surface area contributed by atoms with Gasteiger partial charge in [0.1, 0.15) is 0 Å². The first-order valence-electron chi connectivity index (χ1n) is 7.28. The van der Waals surface area contributed by atoms with Crippen molar-refractivity contribution in [2.24, 2.45) is 0 Å². The third-order valence-electron chi connectivity index (χ3n) is 4.02. The Morgan fingerprint density at radius 1 is 1.15 bits per heavy atom. The molecule has 0 unspecified atom stereocenters. The molecule has 0 heterocycles. The predicted octanol–water partition coefficient (Wildman–Crippen LogP) is 4.56. The minimum Gasteiger partial charge on any atom is -0.398 e. The quantitative estimate of drug-likeness (QED) is 0.577. The van der Waals surface area contributed by atoms with E-state index in [0.717, 1.165) is 39.6 Å². The van der Waals surface area contributed by atoms with Crippen LogP contribution in [0.4, 0.5) is 5.69 Å². The molecule has 0 atom stereocenters. The van der Waals surface area contributed by atoms with Gasteiger partial charge in [0.05, 0.1) is 13.5 Å². The first-order chi connectivity index (χ1) is 9.56. The lowest BCUT2D eigenvalue weighted by Crippen LogP contribution is -2.30. The minimum atomic E-state index is 0.410. The first kappa shape index (κ1) is 16.4. The van der Waals surface area contributed by atoms with Crippen LogP contribution in [0.1, 0.15) is 44.1 Å². The largest absolute Gasteiger partial charge is 0.398 e. The molecule has 20 heavy (non-hydrogen) atoms. The highest BCUT2D eigenvalue weighted by Gasteiger charge is 2.14. The lowest BCUT2D eigenvalue weighted by molar-refractivity contribution is 0.389. The summed E-state index contributed by atoms with van der Waals surface area (Å²) < 4.78 is 2.01. The van der Waals surface area contributed by atoms with Crippen molar-refractivity contribution in [3.8, 4) is 0 Å². The molecule has 0 bridgehead atoms. The molecule has 2 radical (unpaired) electrons. The van der Waals surface area contributed by atoms with Crippen molar-refractivity contribution in [1.82, 2.24) is 5.32 Å². The summed E-state index contributed by atoms with van der Waals surface area (Å²) in [7, 11) is 6.02. The number of hydrogen-bond donors (Lipinski definition) is 2. The molecule has 108 valence electrons. The van der Waals surface area contributed by atoms with Gasteiger partial charge in [0.15, 0.2) is 0 Å². The maximum atomic E-state index is 6.12. The predicted molar refractivity (Wildman–Crippen MR) is 94.1 cm³/mol. The van der Waals surface area contributed by atoms with E-state index < -0.39 is 0 Å². The number of benzene rings is 1. The smallest absolute Gasteiger partial charge is 0.0699 e. The van der Waals surface area contributed by atoms with Gasteiger partial charge >= 0.3 is 0 Å². The zero-order valence-corrected chi connectivity index (χ0v) is 14.8. The van der Waals surface area contributed by atoms with E-state index in [-0.39, 0.29) is 0 Å².